The van der Waals surface area contributed by atoms with E-state index < -0.39 is 34.8 Å². The Balaban J connectivity index is 0.00000109. The van der Waals surface area contributed by atoms with Gasteiger partial charge in [-0.1, -0.05) is 55.4 Å². The van der Waals surface area contributed by atoms with Crippen LogP contribution in [0.15, 0.2) is 116 Å². The summed E-state index contributed by atoms with van der Waals surface area (Å²) in [6.45, 7) is 18.8. The van der Waals surface area contributed by atoms with Crippen LogP contribution in [-0.2, 0) is 62.3 Å². The number of thioether (sulfide) groups is 1. The van der Waals surface area contributed by atoms with Gasteiger partial charge in [0.1, 0.15) is 34.4 Å². The largest absolute Gasteiger partial charge is 0.462 e. The Morgan fingerprint density at radius 2 is 1.03 bits per heavy atom. The molecule has 9 rings (SSSR count). The summed E-state index contributed by atoms with van der Waals surface area (Å²) in [6, 6.07) is 4.23. The zero-order valence-corrected chi connectivity index (χ0v) is 63.2. The number of rotatable bonds is 14. The van der Waals surface area contributed by atoms with E-state index in [1.54, 1.807) is 53.2 Å². The fourth-order valence-electron chi connectivity index (χ4n) is 7.25. The van der Waals surface area contributed by atoms with Gasteiger partial charge >= 0.3 is 17.4 Å². The first-order valence-corrected chi connectivity index (χ1v) is 33.7. The second-order valence-corrected chi connectivity index (χ2v) is 22.6. The lowest BCUT2D eigenvalue weighted by Gasteiger charge is -2.07. The van der Waals surface area contributed by atoms with Gasteiger partial charge in [0.15, 0.2) is 21.6 Å². The average Bonchev–Trinajstić information content (AvgIpc) is 1.02. The summed E-state index contributed by atoms with van der Waals surface area (Å²) >= 11 is 20.0. The van der Waals surface area contributed by atoms with Gasteiger partial charge in [-0.15, -0.1) is 17.0 Å². The molecule has 97 heavy (non-hydrogen) atoms. The molecule has 0 saturated carbocycles. The molecule has 0 amide bonds. The summed E-state index contributed by atoms with van der Waals surface area (Å²) < 4.78 is 97.7. The monoisotopic (exact) mass is 1670 g/mol. The molecule has 0 atom stereocenters. The zero-order chi connectivity index (χ0) is 72.1. The smallest absolute Gasteiger partial charge is 0.403 e. The molecule has 0 unspecified atom stereocenters. The minimum absolute atomic E-state index is 0. The number of carbonyl (C=O) groups is 3. The Kier molecular flexibility index (Phi) is 48.8. The fourth-order valence-corrected chi connectivity index (χ4v) is 10.0. The lowest BCUT2D eigenvalue weighted by Crippen LogP contribution is -2.11. The Bertz CT molecular complexity index is 3730. The number of alkyl halides is 1. The predicted molar refractivity (Wildman–Crippen MR) is 378 cm³/mol. The van der Waals surface area contributed by atoms with Crippen molar-refractivity contribution < 1.29 is 64.8 Å². The molecular formula is C64H75Br4ClF6N10O10S2. The van der Waals surface area contributed by atoms with Gasteiger partial charge in [-0.25, -0.2) is 45.7 Å². The molecule has 530 valence electrons. The van der Waals surface area contributed by atoms with Crippen molar-refractivity contribution >= 4 is 118 Å². The molecule has 33 heteroatoms. The number of nitrogens with one attached hydrogen (secondary N) is 3. The zero-order valence-electron chi connectivity index (χ0n) is 54.3. The van der Waals surface area contributed by atoms with E-state index in [9.17, 15) is 50.3 Å². The number of H-pyrrole nitrogens is 3. The number of aromatic nitrogens is 10. The third-order valence-corrected chi connectivity index (χ3v) is 14.6. The van der Waals surface area contributed by atoms with Gasteiger partial charge in [-0.05, 0) is 146 Å². The molecule has 1 aliphatic rings. The average molecular weight is 1680 g/mol. The summed E-state index contributed by atoms with van der Waals surface area (Å²) in [6.07, 6.45) is 21.4. The van der Waals surface area contributed by atoms with Gasteiger partial charge in [0.05, 0.1) is 68.1 Å². The highest BCUT2D eigenvalue weighted by Crippen LogP contribution is 2.24. The van der Waals surface area contributed by atoms with E-state index in [1.807, 2.05) is 27.7 Å². The van der Waals surface area contributed by atoms with Crippen LogP contribution >= 0.6 is 100 Å². The minimum atomic E-state index is -0.738. The van der Waals surface area contributed by atoms with Crippen LogP contribution in [0.5, 0.6) is 0 Å². The van der Waals surface area contributed by atoms with Crippen molar-refractivity contribution in [3.63, 3.8) is 0 Å². The number of esters is 2. The summed E-state index contributed by atoms with van der Waals surface area (Å²) in [7, 11) is 0. The molecule has 1 aliphatic heterocycles. The highest BCUT2D eigenvalue weighted by molar-refractivity contribution is 9.10. The predicted octanol–water partition coefficient (Wildman–Crippen LogP) is 16.0. The van der Waals surface area contributed by atoms with E-state index in [1.165, 1.54) is 73.8 Å². The van der Waals surface area contributed by atoms with Crippen molar-refractivity contribution in [3.05, 3.63) is 223 Å². The number of aromatic amines is 3. The molecule has 4 N–H and O–H groups in total. The number of aliphatic hydroxyl groups is 1. The molecule has 0 radical (unpaired) electrons. The second-order valence-electron chi connectivity index (χ2n) is 18.6. The number of aryl methyl sites for hydroxylation is 6. The van der Waals surface area contributed by atoms with Gasteiger partial charge in [-0.3, -0.25) is 44.5 Å². The van der Waals surface area contributed by atoms with Crippen molar-refractivity contribution in [2.24, 2.45) is 0 Å². The molecule has 0 spiro atoms. The van der Waals surface area contributed by atoms with Crippen molar-refractivity contribution in [1.29, 1.82) is 0 Å². The molecular weight excluding hydrogens is 1600 g/mol. The number of aliphatic hydroxyl groups excluding tert-OH is 1. The molecule has 1 fully saturated rings. The number of hydrogen-bond donors (Lipinski definition) is 4. The number of ether oxygens (including phenoxy) is 4. The number of halogens is 11. The third-order valence-electron chi connectivity index (χ3n) is 11.7. The second kappa shape index (κ2) is 52.4. The summed E-state index contributed by atoms with van der Waals surface area (Å²) in [5.41, 5.74) is 5.13. The first kappa shape index (κ1) is 90.3. The fraction of sp³-hybridized carbons (Fsp3) is 0.359. The van der Waals surface area contributed by atoms with Crippen LogP contribution in [-0.4, -0.2) is 105 Å². The Hall–Kier alpha value is -6.65. The SMILES string of the molecule is Br.C1CCOC1.CCOC(=O)Cl.CCOC(=O)c1c(F)cncc1Br.CCOC(=O)c1c(F)cncc1CC.CCc1cncc(F)c1CBr.CCc1cncc(F)c1CO.CCc1cncc(F)c1CSc1nc(C)cc(=O)[nH]1.Cc1cc(=O)[nH]c(=S)[nH]1.Fc1cncc(Br)c1. The molecule has 8 aromatic heterocycles. The van der Waals surface area contributed by atoms with E-state index in [4.69, 9.17) is 26.2 Å². The first-order chi connectivity index (χ1) is 45.8. The van der Waals surface area contributed by atoms with Gasteiger partial charge in [-0.2, -0.15) is 0 Å². The maximum absolute atomic E-state index is 13.7. The summed E-state index contributed by atoms with van der Waals surface area (Å²) in [4.78, 5) is 88.1. The Labute approximate surface area is 608 Å². The van der Waals surface area contributed by atoms with E-state index in [0.29, 0.717) is 71.8 Å². The molecule has 0 bridgehead atoms. The molecule has 0 aliphatic carbocycles. The first-order valence-electron chi connectivity index (χ1n) is 29.2. The lowest BCUT2D eigenvalue weighted by atomic mass is 10.1. The van der Waals surface area contributed by atoms with Crippen molar-refractivity contribution in [1.82, 2.24) is 49.8 Å². The topological polar surface area (TPSA) is 280 Å². The number of hydrogen-bond acceptors (Lipinski definition) is 19. The standard InChI is InChI=1S/C13H14FN3OS.C10H12FNO2.C8H7BrFNO2.C8H9BrFN.C8H10FNO.C5H3BrFN.C5H6N2OS.C4H8O.C3H5ClO2.BrH/c1-3-9-5-15-6-11(14)10(9)7-19-13-16-8(2)4-12(18)17-13;1-3-7-5-12-6-8(11)9(7)10(13)14-4-2;1-2-13-8(12)7-5(9)3-11-4-6(7)10;1-2-6-4-11-5-8(10)7(6)3-9;1-2-6-3-10-4-8(9)7(6)5-11;6-4-1-5(7)3-8-2-4;1-3-2-4(8)7-5(9)6-3;1-2-4-5-3-1;1-2-6-3(4)5;/h4-6H,3,7H2,1-2H3,(H,16,17,18);5-6H,3-4H2,1-2H3;3-4H,2H2,1H3;4-5H,2-3H2,1H3;3-4,11H,2,5H2,1H3;1-3H;2H,1H3,(H2,6,7,8,9);1-4H2;2H2,1H3;1H. The summed E-state index contributed by atoms with van der Waals surface area (Å²) in [5, 5.41) is 9.83. The van der Waals surface area contributed by atoms with Gasteiger partial charge in [0.2, 0.25) is 0 Å². The molecule has 9 heterocycles. The van der Waals surface area contributed by atoms with Gasteiger partial charge in [0.25, 0.3) is 11.1 Å². The van der Waals surface area contributed by atoms with Crippen LogP contribution in [0.25, 0.3) is 0 Å². The number of carbonyl (C=O) groups excluding carboxylic acids is 3. The van der Waals surface area contributed by atoms with E-state index in [2.05, 4.69) is 119 Å². The van der Waals surface area contributed by atoms with Gasteiger partial charge in [0, 0.05) is 118 Å². The Morgan fingerprint density at radius 3 is 1.41 bits per heavy atom. The lowest BCUT2D eigenvalue weighted by molar-refractivity contribution is 0.0509. The highest BCUT2D eigenvalue weighted by atomic mass is 79.9. The summed E-state index contributed by atoms with van der Waals surface area (Å²) in [5.74, 6) is -3.48. The number of pyridine rings is 6. The van der Waals surface area contributed by atoms with E-state index in [-0.39, 0.29) is 76.5 Å². The molecule has 1 saturated heterocycles. The van der Waals surface area contributed by atoms with Crippen LogP contribution < -0.4 is 11.1 Å². The normalized spacial score (nSPS) is 10.5. The maximum atomic E-state index is 13.7. The van der Waals surface area contributed by atoms with E-state index in [0.717, 1.165) is 78.8 Å². The number of nitrogens with zero attached hydrogens (tertiary/aromatic N) is 7. The van der Waals surface area contributed by atoms with Crippen LogP contribution in [0.3, 0.4) is 0 Å². The molecule has 20 nitrogen and oxygen atoms in total. The van der Waals surface area contributed by atoms with E-state index >= 15 is 0 Å². The van der Waals surface area contributed by atoms with Crippen LogP contribution in [0.2, 0.25) is 0 Å². The van der Waals surface area contributed by atoms with Crippen LogP contribution in [0.1, 0.15) is 132 Å². The van der Waals surface area contributed by atoms with Crippen molar-refractivity contribution in [2.45, 2.75) is 124 Å². The molecule has 8 aromatic rings. The van der Waals surface area contributed by atoms with Crippen molar-refractivity contribution in [2.75, 3.05) is 33.0 Å². The third kappa shape index (κ3) is 36.7. The molecule has 0 aromatic carbocycles. The van der Waals surface area contributed by atoms with Gasteiger partial charge < -0.3 is 34.0 Å². The highest BCUT2D eigenvalue weighted by Gasteiger charge is 2.18. The maximum Gasteiger partial charge on any atom is 0.403 e. The van der Waals surface area contributed by atoms with Crippen LogP contribution in [0.4, 0.5) is 31.1 Å². The van der Waals surface area contributed by atoms with Crippen LogP contribution in [0, 0.1) is 53.5 Å². The quantitative estimate of drug-likeness (QED) is 0.0115. The van der Waals surface area contributed by atoms with Crippen molar-refractivity contribution in [3.8, 4) is 0 Å². The Morgan fingerprint density at radius 1 is 0.588 bits per heavy atom. The minimum Gasteiger partial charge on any atom is -0.462 e.